The molecule has 0 spiro atoms. The van der Waals surface area contributed by atoms with E-state index in [1.807, 2.05) is 56.3 Å². The summed E-state index contributed by atoms with van der Waals surface area (Å²) >= 11 is 1.51. The van der Waals surface area contributed by atoms with Crippen molar-refractivity contribution in [2.24, 2.45) is 0 Å². The van der Waals surface area contributed by atoms with E-state index in [9.17, 15) is 9.59 Å². The fourth-order valence-corrected chi connectivity index (χ4v) is 3.72. The van der Waals surface area contributed by atoms with E-state index in [1.54, 1.807) is 0 Å². The van der Waals surface area contributed by atoms with Gasteiger partial charge in [-0.1, -0.05) is 24.3 Å². The summed E-state index contributed by atoms with van der Waals surface area (Å²) < 4.78 is 5.44. The third-order valence-corrected chi connectivity index (χ3v) is 5.43. The summed E-state index contributed by atoms with van der Waals surface area (Å²) in [4.78, 5) is 25.2. The number of benzene rings is 2. The molecule has 3 rings (SSSR count). The highest BCUT2D eigenvalue weighted by atomic mass is 32.2. The maximum Gasteiger partial charge on any atom is 0.276 e. The highest BCUT2D eigenvalue weighted by Gasteiger charge is 2.28. The molecule has 0 aliphatic carbocycles. The number of aryl methyl sites for hydroxylation is 2. The Morgan fingerprint density at radius 1 is 1.12 bits per heavy atom. The topological polar surface area (TPSA) is 67.4 Å². The number of carbonyl (C=O) groups is 2. The Labute approximate surface area is 151 Å². The molecule has 2 amide bonds. The second kappa shape index (κ2) is 7.61. The molecule has 1 aliphatic heterocycles. The molecule has 0 bridgehead atoms. The minimum atomic E-state index is -0.396. The second-order valence-electron chi connectivity index (χ2n) is 5.99. The standard InChI is InChI=1S/C19H20N2O3S/c1-12-7-8-15(9-13(12)2)24-11-18(22)20-21-19(23)17-10-14-5-3-4-6-16(14)25-17/h3-9,17H,10-11H2,1-2H3,(H,20,22)(H,21,23). The molecule has 0 saturated carbocycles. The maximum absolute atomic E-state index is 12.2. The number of amides is 2. The molecule has 1 atom stereocenters. The minimum Gasteiger partial charge on any atom is -0.484 e. The Bertz CT molecular complexity index is 782. The summed E-state index contributed by atoms with van der Waals surface area (Å²) in [5.41, 5.74) is 8.31. The first-order valence-corrected chi connectivity index (χ1v) is 8.94. The molecule has 1 heterocycles. The molecule has 25 heavy (non-hydrogen) atoms. The smallest absolute Gasteiger partial charge is 0.276 e. The van der Waals surface area contributed by atoms with E-state index in [4.69, 9.17) is 4.74 Å². The Morgan fingerprint density at radius 3 is 2.68 bits per heavy atom. The number of hydrogen-bond acceptors (Lipinski definition) is 4. The van der Waals surface area contributed by atoms with Crippen LogP contribution in [0.1, 0.15) is 16.7 Å². The number of ether oxygens (including phenoxy) is 1. The van der Waals surface area contributed by atoms with Crippen molar-refractivity contribution in [3.63, 3.8) is 0 Å². The van der Waals surface area contributed by atoms with Crippen molar-refractivity contribution >= 4 is 23.6 Å². The predicted molar refractivity (Wildman–Crippen MR) is 97.5 cm³/mol. The van der Waals surface area contributed by atoms with Gasteiger partial charge in [0.25, 0.3) is 11.8 Å². The Balaban J connectivity index is 1.43. The van der Waals surface area contributed by atoms with Crippen LogP contribution < -0.4 is 15.6 Å². The highest BCUT2D eigenvalue weighted by Crippen LogP contribution is 2.36. The molecule has 1 aliphatic rings. The van der Waals surface area contributed by atoms with Gasteiger partial charge in [0, 0.05) is 4.90 Å². The van der Waals surface area contributed by atoms with E-state index in [0.29, 0.717) is 12.2 Å². The summed E-state index contributed by atoms with van der Waals surface area (Å²) in [5, 5.41) is -0.224. The monoisotopic (exact) mass is 356 g/mol. The van der Waals surface area contributed by atoms with Gasteiger partial charge in [0.05, 0.1) is 5.25 Å². The lowest BCUT2D eigenvalue weighted by atomic mass is 10.1. The van der Waals surface area contributed by atoms with E-state index in [2.05, 4.69) is 10.9 Å². The normalized spacial score (nSPS) is 15.4. The number of fused-ring (bicyclic) bond motifs is 1. The van der Waals surface area contributed by atoms with Gasteiger partial charge in [-0.25, -0.2) is 0 Å². The Morgan fingerprint density at radius 2 is 1.92 bits per heavy atom. The minimum absolute atomic E-state index is 0.152. The molecular formula is C19H20N2O3S. The number of nitrogens with one attached hydrogen (secondary N) is 2. The second-order valence-corrected chi connectivity index (χ2v) is 7.24. The quantitative estimate of drug-likeness (QED) is 0.826. The van der Waals surface area contributed by atoms with E-state index in [-0.39, 0.29) is 17.8 Å². The van der Waals surface area contributed by atoms with E-state index in [0.717, 1.165) is 16.0 Å². The fraction of sp³-hybridized carbons (Fsp3) is 0.263. The first kappa shape index (κ1) is 17.4. The van der Waals surface area contributed by atoms with Crippen LogP contribution in [0.4, 0.5) is 0 Å². The van der Waals surface area contributed by atoms with E-state index in [1.165, 1.54) is 17.3 Å². The average Bonchev–Trinajstić information content (AvgIpc) is 3.05. The molecule has 1 unspecified atom stereocenters. The van der Waals surface area contributed by atoms with E-state index < -0.39 is 5.91 Å². The average molecular weight is 356 g/mol. The summed E-state index contributed by atoms with van der Waals surface area (Å²) in [5.74, 6) is 0.0270. The van der Waals surface area contributed by atoms with Gasteiger partial charge >= 0.3 is 0 Å². The number of thioether (sulfide) groups is 1. The molecular weight excluding hydrogens is 336 g/mol. The van der Waals surface area contributed by atoms with Gasteiger partial charge in [0.15, 0.2) is 6.61 Å². The van der Waals surface area contributed by atoms with Crippen LogP contribution >= 0.6 is 11.8 Å². The first-order valence-electron chi connectivity index (χ1n) is 8.06. The molecule has 0 fully saturated rings. The van der Waals surface area contributed by atoms with Gasteiger partial charge in [-0.15, -0.1) is 11.8 Å². The zero-order chi connectivity index (χ0) is 17.8. The van der Waals surface area contributed by atoms with Crippen molar-refractivity contribution in [2.75, 3.05) is 6.61 Å². The molecule has 5 nitrogen and oxygen atoms in total. The van der Waals surface area contributed by atoms with Crippen LogP contribution in [0.5, 0.6) is 5.75 Å². The van der Waals surface area contributed by atoms with Crippen LogP contribution in [-0.2, 0) is 16.0 Å². The molecule has 6 heteroatoms. The van der Waals surface area contributed by atoms with Crippen LogP contribution in [0, 0.1) is 13.8 Å². The highest BCUT2D eigenvalue weighted by molar-refractivity contribution is 8.01. The van der Waals surface area contributed by atoms with Crippen LogP contribution in [-0.4, -0.2) is 23.7 Å². The zero-order valence-corrected chi connectivity index (χ0v) is 15.0. The SMILES string of the molecule is Cc1ccc(OCC(=O)NNC(=O)C2Cc3ccccc3S2)cc1C. The zero-order valence-electron chi connectivity index (χ0n) is 14.2. The fourth-order valence-electron chi connectivity index (χ4n) is 2.53. The third-order valence-electron chi connectivity index (χ3n) is 4.11. The van der Waals surface area contributed by atoms with Crippen LogP contribution in [0.15, 0.2) is 47.4 Å². The summed E-state index contributed by atoms with van der Waals surface area (Å²) in [6.45, 7) is 3.85. The van der Waals surface area contributed by atoms with Gasteiger partial charge in [0.2, 0.25) is 0 Å². The third kappa shape index (κ3) is 4.33. The van der Waals surface area contributed by atoms with Gasteiger partial charge < -0.3 is 4.74 Å². The predicted octanol–water partition coefficient (Wildman–Crippen LogP) is 2.55. The van der Waals surface area contributed by atoms with Crippen molar-refractivity contribution in [2.45, 2.75) is 30.4 Å². The Kier molecular flexibility index (Phi) is 5.28. The maximum atomic E-state index is 12.2. The van der Waals surface area contributed by atoms with Gasteiger partial charge in [-0.05, 0) is 55.2 Å². The number of carbonyl (C=O) groups excluding carboxylic acids is 2. The lowest BCUT2D eigenvalue weighted by Crippen LogP contribution is -2.47. The lowest BCUT2D eigenvalue weighted by molar-refractivity contribution is -0.129. The van der Waals surface area contributed by atoms with Gasteiger partial charge in [-0.3, -0.25) is 20.4 Å². The summed E-state index contributed by atoms with van der Waals surface area (Å²) in [6, 6.07) is 13.6. The van der Waals surface area contributed by atoms with Crippen molar-refractivity contribution in [3.8, 4) is 5.75 Å². The molecule has 0 saturated heterocycles. The Hall–Kier alpha value is -2.47. The van der Waals surface area contributed by atoms with E-state index >= 15 is 0 Å². The number of hydrazine groups is 1. The van der Waals surface area contributed by atoms with Crippen molar-refractivity contribution in [1.29, 1.82) is 0 Å². The summed E-state index contributed by atoms with van der Waals surface area (Å²) in [7, 11) is 0. The lowest BCUT2D eigenvalue weighted by Gasteiger charge is -2.12. The van der Waals surface area contributed by atoms with Crippen molar-refractivity contribution in [3.05, 3.63) is 59.2 Å². The van der Waals surface area contributed by atoms with Crippen LogP contribution in [0.2, 0.25) is 0 Å². The molecule has 0 aromatic heterocycles. The molecule has 2 N–H and O–H groups in total. The van der Waals surface area contributed by atoms with Crippen molar-refractivity contribution < 1.29 is 14.3 Å². The van der Waals surface area contributed by atoms with Crippen LogP contribution in [0.3, 0.4) is 0 Å². The first-order chi connectivity index (χ1) is 12.0. The number of rotatable bonds is 4. The molecule has 0 radical (unpaired) electrons. The molecule has 2 aromatic rings. The van der Waals surface area contributed by atoms with Crippen LogP contribution in [0.25, 0.3) is 0 Å². The van der Waals surface area contributed by atoms with Gasteiger partial charge in [0.1, 0.15) is 5.75 Å². The van der Waals surface area contributed by atoms with Gasteiger partial charge in [-0.2, -0.15) is 0 Å². The summed E-state index contributed by atoms with van der Waals surface area (Å²) in [6.07, 6.45) is 0.668. The van der Waals surface area contributed by atoms with Crippen molar-refractivity contribution in [1.82, 2.24) is 10.9 Å². The molecule has 2 aromatic carbocycles. The number of hydrogen-bond donors (Lipinski definition) is 2. The largest absolute Gasteiger partial charge is 0.484 e. The molecule has 130 valence electrons.